The molecule has 4 rings (SSSR count). The summed E-state index contributed by atoms with van der Waals surface area (Å²) in [6.07, 6.45) is 1.80. The van der Waals surface area contributed by atoms with E-state index in [4.69, 9.17) is 9.26 Å². The molecule has 0 aliphatic rings. The van der Waals surface area contributed by atoms with Crippen LogP contribution in [0.5, 0.6) is 5.75 Å². The number of halogens is 1. The predicted molar refractivity (Wildman–Crippen MR) is 127 cm³/mol. The van der Waals surface area contributed by atoms with Crippen LogP contribution in [0, 0.1) is 11.2 Å². The van der Waals surface area contributed by atoms with E-state index in [1.807, 2.05) is 20.8 Å². The molecule has 0 amide bonds. The first kappa shape index (κ1) is 23.7. The minimum Gasteiger partial charge on any atom is -0.495 e. The fourth-order valence-electron chi connectivity index (χ4n) is 3.89. The van der Waals surface area contributed by atoms with Gasteiger partial charge in [0.25, 0.3) is 5.56 Å². The van der Waals surface area contributed by atoms with Crippen molar-refractivity contribution in [2.45, 2.75) is 37.8 Å². The van der Waals surface area contributed by atoms with E-state index < -0.39 is 21.2 Å². The predicted octanol–water partition coefficient (Wildman–Crippen LogP) is 4.69. The molecule has 7 nitrogen and oxygen atoms in total. The zero-order chi connectivity index (χ0) is 24.7. The fourth-order valence-corrected chi connectivity index (χ4v) is 5.17. The molecule has 0 N–H and O–H groups in total. The molecule has 178 valence electrons. The summed E-state index contributed by atoms with van der Waals surface area (Å²) in [5.41, 5.74) is 0.910. The van der Waals surface area contributed by atoms with Crippen LogP contribution in [0.4, 0.5) is 4.39 Å². The molecule has 0 saturated heterocycles. The molecule has 0 fully saturated rings. The number of hydrogen-bond donors (Lipinski definition) is 0. The first-order valence-electron chi connectivity index (χ1n) is 10.6. The van der Waals surface area contributed by atoms with Crippen molar-refractivity contribution >= 4 is 20.7 Å². The number of ether oxygens (including phenoxy) is 1. The standard InChI is InChI=1S/C25H25FN2O5S/c1-25(2,3)14-17-12-23(32-4)22(13-20(17)26)28-21-7-6-19(11-16(21)5-8-24(28)29)34(30,31)15-18-9-10-33-27-18/h5-13H,14-15H2,1-4H3. The Balaban J connectivity index is 1.85. The van der Waals surface area contributed by atoms with Crippen LogP contribution in [0.15, 0.2) is 69.0 Å². The molecule has 0 spiro atoms. The van der Waals surface area contributed by atoms with Gasteiger partial charge in [-0.05, 0) is 47.7 Å². The van der Waals surface area contributed by atoms with Crippen LogP contribution in [0.1, 0.15) is 32.0 Å². The number of hydrogen-bond acceptors (Lipinski definition) is 6. The number of rotatable bonds is 6. The maximum absolute atomic E-state index is 15.1. The van der Waals surface area contributed by atoms with Gasteiger partial charge in [0.05, 0.1) is 28.9 Å². The van der Waals surface area contributed by atoms with Crippen LogP contribution in [0.25, 0.3) is 16.6 Å². The lowest BCUT2D eigenvalue weighted by Gasteiger charge is -2.21. The third-order valence-corrected chi connectivity index (χ3v) is 7.01. The Morgan fingerprint density at radius 2 is 1.85 bits per heavy atom. The molecule has 2 aromatic heterocycles. The van der Waals surface area contributed by atoms with Gasteiger partial charge in [-0.2, -0.15) is 0 Å². The highest BCUT2D eigenvalue weighted by Crippen LogP contribution is 2.32. The molecule has 0 radical (unpaired) electrons. The van der Waals surface area contributed by atoms with Crippen molar-refractivity contribution in [2.24, 2.45) is 5.41 Å². The van der Waals surface area contributed by atoms with E-state index in [2.05, 4.69) is 5.16 Å². The first-order chi connectivity index (χ1) is 16.0. The summed E-state index contributed by atoms with van der Waals surface area (Å²) in [6.45, 7) is 6.03. The van der Waals surface area contributed by atoms with E-state index in [1.165, 1.54) is 54.3 Å². The Morgan fingerprint density at radius 3 is 2.50 bits per heavy atom. The Hall–Kier alpha value is -3.46. The summed E-state index contributed by atoms with van der Waals surface area (Å²) >= 11 is 0. The summed E-state index contributed by atoms with van der Waals surface area (Å²) in [6, 6.07) is 11.7. The lowest BCUT2D eigenvalue weighted by molar-refractivity contribution is 0.392. The Kier molecular flexibility index (Phi) is 6.07. The molecule has 9 heteroatoms. The molecular weight excluding hydrogens is 459 g/mol. The van der Waals surface area contributed by atoms with Gasteiger partial charge in [0, 0.05) is 23.6 Å². The Bertz CT molecular complexity index is 1520. The van der Waals surface area contributed by atoms with Gasteiger partial charge in [-0.25, -0.2) is 12.8 Å². The van der Waals surface area contributed by atoms with Gasteiger partial charge in [0.15, 0.2) is 9.84 Å². The number of fused-ring (bicyclic) bond motifs is 1. The van der Waals surface area contributed by atoms with E-state index in [1.54, 1.807) is 12.1 Å². The van der Waals surface area contributed by atoms with Crippen molar-refractivity contribution in [1.82, 2.24) is 9.72 Å². The van der Waals surface area contributed by atoms with Crippen molar-refractivity contribution in [3.8, 4) is 11.4 Å². The number of sulfone groups is 1. The highest BCUT2D eigenvalue weighted by atomic mass is 32.2. The molecule has 0 aliphatic heterocycles. The van der Waals surface area contributed by atoms with Gasteiger partial charge < -0.3 is 9.26 Å². The highest BCUT2D eigenvalue weighted by Gasteiger charge is 2.21. The fraction of sp³-hybridized carbons (Fsp3) is 0.280. The lowest BCUT2D eigenvalue weighted by Crippen LogP contribution is -2.19. The number of pyridine rings is 1. The second-order valence-electron chi connectivity index (χ2n) is 9.33. The minimum absolute atomic E-state index is 0.0758. The summed E-state index contributed by atoms with van der Waals surface area (Å²) < 4.78 is 52.3. The summed E-state index contributed by atoms with van der Waals surface area (Å²) in [5.74, 6) is -0.414. The molecule has 4 aromatic rings. The van der Waals surface area contributed by atoms with Crippen molar-refractivity contribution in [3.63, 3.8) is 0 Å². The second-order valence-corrected chi connectivity index (χ2v) is 11.3. The van der Waals surface area contributed by atoms with Crippen molar-refractivity contribution in [3.05, 3.63) is 82.2 Å². The van der Waals surface area contributed by atoms with Gasteiger partial charge in [-0.3, -0.25) is 9.36 Å². The zero-order valence-electron chi connectivity index (χ0n) is 19.3. The zero-order valence-corrected chi connectivity index (χ0v) is 20.1. The monoisotopic (exact) mass is 484 g/mol. The van der Waals surface area contributed by atoms with E-state index in [0.717, 1.165) is 0 Å². The number of nitrogens with zero attached hydrogens (tertiary/aromatic N) is 2. The number of methoxy groups -OCH3 is 1. The van der Waals surface area contributed by atoms with Crippen LogP contribution in [0.2, 0.25) is 0 Å². The average molecular weight is 485 g/mol. The van der Waals surface area contributed by atoms with Gasteiger partial charge in [0.1, 0.15) is 23.6 Å². The smallest absolute Gasteiger partial charge is 0.255 e. The first-order valence-corrected chi connectivity index (χ1v) is 12.3. The van der Waals surface area contributed by atoms with Crippen LogP contribution in [-0.2, 0) is 22.0 Å². The van der Waals surface area contributed by atoms with E-state index in [-0.39, 0.29) is 21.8 Å². The molecule has 0 bridgehead atoms. The van der Waals surface area contributed by atoms with Crippen molar-refractivity contribution in [1.29, 1.82) is 0 Å². The summed E-state index contributed by atoms with van der Waals surface area (Å²) in [4.78, 5) is 12.9. The van der Waals surface area contributed by atoms with Gasteiger partial charge in [-0.15, -0.1) is 0 Å². The maximum atomic E-state index is 15.1. The molecule has 0 aliphatic carbocycles. The highest BCUT2D eigenvalue weighted by molar-refractivity contribution is 7.90. The normalized spacial score (nSPS) is 12.3. The van der Waals surface area contributed by atoms with E-state index in [9.17, 15) is 13.2 Å². The molecule has 0 unspecified atom stereocenters. The van der Waals surface area contributed by atoms with Crippen LogP contribution < -0.4 is 10.3 Å². The molecule has 34 heavy (non-hydrogen) atoms. The van der Waals surface area contributed by atoms with Crippen LogP contribution in [0.3, 0.4) is 0 Å². The molecule has 2 aromatic carbocycles. The van der Waals surface area contributed by atoms with E-state index >= 15 is 4.39 Å². The van der Waals surface area contributed by atoms with Gasteiger partial charge >= 0.3 is 0 Å². The summed E-state index contributed by atoms with van der Waals surface area (Å²) in [5, 5.41) is 4.16. The topological polar surface area (TPSA) is 91.4 Å². The second kappa shape index (κ2) is 8.72. The van der Waals surface area contributed by atoms with Crippen molar-refractivity contribution in [2.75, 3.05) is 7.11 Å². The molecule has 0 atom stereocenters. The largest absolute Gasteiger partial charge is 0.495 e. The van der Waals surface area contributed by atoms with Gasteiger partial charge in [-0.1, -0.05) is 25.9 Å². The number of aromatic nitrogens is 2. The Morgan fingerprint density at radius 1 is 1.09 bits per heavy atom. The number of benzene rings is 2. The molecule has 0 saturated carbocycles. The summed E-state index contributed by atoms with van der Waals surface area (Å²) in [7, 11) is -2.24. The molecular formula is C25H25FN2O5S. The Labute approximate surface area is 196 Å². The van der Waals surface area contributed by atoms with E-state index in [0.29, 0.717) is 34.3 Å². The van der Waals surface area contributed by atoms with Gasteiger partial charge in [0.2, 0.25) is 0 Å². The van der Waals surface area contributed by atoms with Crippen LogP contribution >= 0.6 is 0 Å². The quantitative estimate of drug-likeness (QED) is 0.394. The third kappa shape index (κ3) is 4.75. The maximum Gasteiger partial charge on any atom is 0.255 e. The minimum atomic E-state index is -3.70. The van der Waals surface area contributed by atoms with Crippen molar-refractivity contribution < 1.29 is 22.1 Å². The average Bonchev–Trinajstić information content (AvgIpc) is 3.26. The van der Waals surface area contributed by atoms with Crippen LogP contribution in [-0.4, -0.2) is 25.3 Å². The SMILES string of the molecule is COc1cc(CC(C)(C)C)c(F)cc1-n1c(=O)ccc2cc(S(=O)(=O)Cc3ccon3)ccc21. The lowest BCUT2D eigenvalue weighted by atomic mass is 9.88. The molecule has 2 heterocycles. The third-order valence-electron chi connectivity index (χ3n) is 5.36.